The van der Waals surface area contributed by atoms with Gasteiger partial charge in [-0.15, -0.1) is 0 Å². The summed E-state index contributed by atoms with van der Waals surface area (Å²) in [6.07, 6.45) is 2.08. The van der Waals surface area contributed by atoms with Crippen LogP contribution in [0.4, 0.5) is 0 Å². The van der Waals surface area contributed by atoms with Crippen molar-refractivity contribution >= 4 is 11.8 Å². The molecule has 2 aromatic carbocycles. The molecule has 0 atom stereocenters. The molecule has 5 N–H and O–H groups in total. The summed E-state index contributed by atoms with van der Waals surface area (Å²) in [6.45, 7) is 25.7. The molecule has 0 fully saturated rings. The average Bonchev–Trinajstić information content (AvgIpc) is 2.74. The zero-order valence-electron chi connectivity index (χ0n) is 26.6. The van der Waals surface area contributed by atoms with E-state index in [0.29, 0.717) is 25.0 Å². The van der Waals surface area contributed by atoms with Crippen LogP contribution >= 0.6 is 0 Å². The summed E-state index contributed by atoms with van der Waals surface area (Å²) in [4.78, 5) is 21.9. The molecule has 0 aliphatic carbocycles. The van der Waals surface area contributed by atoms with Gasteiger partial charge in [-0.3, -0.25) is 9.59 Å². The van der Waals surface area contributed by atoms with Crippen molar-refractivity contribution in [1.29, 1.82) is 0 Å². The molecule has 0 bridgehead atoms. The number of rotatable bonds is 6. The minimum atomic E-state index is -0.298. The summed E-state index contributed by atoms with van der Waals surface area (Å²) in [5, 5.41) is 10.6. The van der Waals surface area contributed by atoms with Gasteiger partial charge < -0.3 is 16.6 Å². The Bertz CT molecular complexity index is 1080. The van der Waals surface area contributed by atoms with Crippen molar-refractivity contribution in [2.45, 2.75) is 130 Å². The molecule has 2 rings (SSSR count). The second-order valence-electron chi connectivity index (χ2n) is 14.9. The largest absolute Gasteiger partial charge is 0.507 e. The lowest BCUT2D eigenvalue weighted by Gasteiger charge is -2.28. The summed E-state index contributed by atoms with van der Waals surface area (Å²) in [5.74, 6) is -0.168. The maximum Gasteiger partial charge on any atom is 0.217 e. The third-order valence-electron chi connectivity index (χ3n) is 6.83. The number of phenolic OH excluding ortho intramolecular Hbond substituents is 1. The predicted molar refractivity (Wildman–Crippen MR) is 164 cm³/mol. The van der Waals surface area contributed by atoms with Crippen LogP contribution in [-0.4, -0.2) is 16.9 Å². The zero-order valence-corrected chi connectivity index (χ0v) is 26.6. The van der Waals surface area contributed by atoms with E-state index in [1.165, 1.54) is 16.7 Å². The Kier molecular flexibility index (Phi) is 11.0. The number of benzene rings is 2. The van der Waals surface area contributed by atoms with Crippen molar-refractivity contribution in [3.8, 4) is 5.75 Å². The Balaban J connectivity index is 0.000000391. The number of phenols is 1. The quantitative estimate of drug-likeness (QED) is 0.365. The van der Waals surface area contributed by atoms with Gasteiger partial charge in [0.15, 0.2) is 0 Å². The van der Waals surface area contributed by atoms with Gasteiger partial charge in [0.25, 0.3) is 0 Å². The minimum absolute atomic E-state index is 0.114. The molecule has 39 heavy (non-hydrogen) atoms. The zero-order chi connectivity index (χ0) is 30.6. The third kappa shape index (κ3) is 11.1. The fourth-order valence-electron chi connectivity index (χ4n) is 4.22. The highest BCUT2D eigenvalue weighted by atomic mass is 16.3. The van der Waals surface area contributed by atoms with Crippen molar-refractivity contribution in [3.63, 3.8) is 0 Å². The van der Waals surface area contributed by atoms with E-state index in [1.54, 1.807) is 0 Å². The van der Waals surface area contributed by atoms with Crippen molar-refractivity contribution in [1.82, 2.24) is 0 Å². The van der Waals surface area contributed by atoms with E-state index in [1.807, 2.05) is 12.1 Å². The number of nitrogens with two attached hydrogens (primary N) is 2. The Hall–Kier alpha value is -2.82. The molecule has 0 aliphatic heterocycles. The molecule has 0 unspecified atom stereocenters. The molecule has 2 aromatic rings. The maximum atomic E-state index is 11.0. The van der Waals surface area contributed by atoms with Gasteiger partial charge in [-0.1, -0.05) is 113 Å². The standard InChI is InChI=1S/C17H27NO2.C17H27NO/c1-16(2,3)12-9-11(7-8-14(18)19)10-13(15(12)20)17(4,5)6;1-16(2,3)13-9-12(7-8-15(18)19)10-14(11-13)17(4,5)6/h9-10,20H,7-8H2,1-6H3,(H2,18,19);9-11H,7-8H2,1-6H3,(H2,18,19). The van der Waals surface area contributed by atoms with Crippen LogP contribution in [0.15, 0.2) is 30.3 Å². The topological polar surface area (TPSA) is 106 Å². The number of aryl methyl sites for hydroxylation is 2. The maximum absolute atomic E-state index is 11.0. The molecular formula is C34H54N2O3. The van der Waals surface area contributed by atoms with Crippen LogP contribution in [0.3, 0.4) is 0 Å². The lowest BCUT2D eigenvalue weighted by molar-refractivity contribution is -0.118. The van der Waals surface area contributed by atoms with Crippen LogP contribution < -0.4 is 11.5 Å². The number of carbonyl (C=O) groups excluding carboxylic acids is 2. The second-order valence-corrected chi connectivity index (χ2v) is 14.9. The van der Waals surface area contributed by atoms with Gasteiger partial charge in [0.2, 0.25) is 11.8 Å². The summed E-state index contributed by atoms with van der Waals surface area (Å²) in [6, 6.07) is 10.7. The fourth-order valence-corrected chi connectivity index (χ4v) is 4.22. The molecule has 2 amide bonds. The molecule has 218 valence electrons. The summed E-state index contributed by atoms with van der Waals surface area (Å²) in [7, 11) is 0. The van der Waals surface area contributed by atoms with Gasteiger partial charge in [0.1, 0.15) is 5.75 Å². The number of amides is 2. The Morgan fingerprint density at radius 3 is 1.13 bits per heavy atom. The van der Waals surface area contributed by atoms with E-state index in [-0.39, 0.29) is 33.5 Å². The molecule has 5 heteroatoms. The van der Waals surface area contributed by atoms with Crippen LogP contribution in [0.25, 0.3) is 0 Å². The van der Waals surface area contributed by atoms with Gasteiger partial charge >= 0.3 is 0 Å². The molecular weight excluding hydrogens is 484 g/mol. The third-order valence-corrected chi connectivity index (χ3v) is 6.83. The monoisotopic (exact) mass is 538 g/mol. The first-order valence-electron chi connectivity index (χ1n) is 14.0. The van der Waals surface area contributed by atoms with Crippen LogP contribution in [0.5, 0.6) is 5.75 Å². The van der Waals surface area contributed by atoms with Crippen molar-refractivity contribution < 1.29 is 14.7 Å². The van der Waals surface area contributed by atoms with Crippen molar-refractivity contribution in [2.24, 2.45) is 11.5 Å². The van der Waals surface area contributed by atoms with Crippen LogP contribution in [0.2, 0.25) is 0 Å². The first kappa shape index (κ1) is 34.2. The van der Waals surface area contributed by atoms with E-state index in [0.717, 1.165) is 23.1 Å². The first-order valence-corrected chi connectivity index (χ1v) is 14.0. The van der Waals surface area contributed by atoms with Crippen LogP contribution in [0, 0.1) is 0 Å². The smallest absolute Gasteiger partial charge is 0.217 e. The molecule has 0 aromatic heterocycles. The molecule has 5 nitrogen and oxygen atoms in total. The van der Waals surface area contributed by atoms with Crippen molar-refractivity contribution in [3.05, 3.63) is 63.7 Å². The molecule has 0 spiro atoms. The molecule has 0 saturated heterocycles. The SMILES string of the molecule is CC(C)(C)c1cc(CCC(N)=O)cc(C(C)(C)C)c1.CC(C)(C)c1cc(CCC(N)=O)cc(C(C)(C)C)c1O. The number of hydrogen-bond acceptors (Lipinski definition) is 3. The average molecular weight is 539 g/mol. The lowest BCUT2D eigenvalue weighted by atomic mass is 9.78. The Labute approximate surface area is 237 Å². The van der Waals surface area contributed by atoms with E-state index < -0.39 is 0 Å². The fraction of sp³-hybridized carbons (Fsp3) is 0.588. The molecule has 0 heterocycles. The highest BCUT2D eigenvalue weighted by Gasteiger charge is 2.26. The summed E-state index contributed by atoms with van der Waals surface area (Å²) < 4.78 is 0. The highest BCUT2D eigenvalue weighted by Crippen LogP contribution is 2.40. The number of hydrogen-bond donors (Lipinski definition) is 3. The van der Waals surface area contributed by atoms with E-state index in [9.17, 15) is 14.7 Å². The normalized spacial score (nSPS) is 12.5. The number of primary amides is 2. The van der Waals surface area contributed by atoms with Gasteiger partial charge in [-0.2, -0.15) is 0 Å². The van der Waals surface area contributed by atoms with Crippen LogP contribution in [-0.2, 0) is 44.1 Å². The first-order chi connectivity index (χ1) is 17.4. The number of aromatic hydroxyl groups is 1. The lowest BCUT2D eigenvalue weighted by Crippen LogP contribution is -2.18. The second kappa shape index (κ2) is 12.6. The minimum Gasteiger partial charge on any atom is -0.507 e. The van der Waals surface area contributed by atoms with Gasteiger partial charge in [0, 0.05) is 12.8 Å². The Morgan fingerprint density at radius 1 is 0.564 bits per heavy atom. The van der Waals surface area contributed by atoms with Gasteiger partial charge in [-0.25, -0.2) is 0 Å². The van der Waals surface area contributed by atoms with E-state index >= 15 is 0 Å². The van der Waals surface area contributed by atoms with Gasteiger partial charge in [-0.05, 0) is 67.9 Å². The predicted octanol–water partition coefficient (Wildman–Crippen LogP) is 7.10. The van der Waals surface area contributed by atoms with E-state index in [4.69, 9.17) is 11.5 Å². The Morgan fingerprint density at radius 2 is 0.872 bits per heavy atom. The van der Waals surface area contributed by atoms with E-state index in [2.05, 4.69) is 101 Å². The summed E-state index contributed by atoms with van der Waals surface area (Å²) >= 11 is 0. The molecule has 0 saturated carbocycles. The molecule has 0 aliphatic rings. The highest BCUT2D eigenvalue weighted by molar-refractivity contribution is 5.74. The summed E-state index contributed by atoms with van der Waals surface area (Å²) in [5.41, 5.74) is 17.2. The number of carbonyl (C=O) groups is 2. The van der Waals surface area contributed by atoms with Gasteiger partial charge in [0.05, 0.1) is 0 Å². The molecule has 0 radical (unpaired) electrons. The van der Waals surface area contributed by atoms with Crippen LogP contribution in [0.1, 0.15) is 129 Å². The van der Waals surface area contributed by atoms with Crippen molar-refractivity contribution in [2.75, 3.05) is 0 Å².